The van der Waals surface area contributed by atoms with E-state index in [0.717, 1.165) is 11.1 Å². The largest absolute Gasteiger partial charge is 0.336 e. The highest BCUT2D eigenvalue weighted by Gasteiger charge is 2.30. The highest BCUT2D eigenvalue weighted by molar-refractivity contribution is 7.89. The van der Waals surface area contributed by atoms with E-state index in [1.165, 1.54) is 4.31 Å². The van der Waals surface area contributed by atoms with Gasteiger partial charge in [0, 0.05) is 31.7 Å². The van der Waals surface area contributed by atoms with Crippen molar-refractivity contribution in [3.8, 4) is 0 Å². The molecular weight excluding hydrogens is 336 g/mol. The van der Waals surface area contributed by atoms with Gasteiger partial charge in [-0.25, -0.2) is 8.42 Å². The van der Waals surface area contributed by atoms with Crippen LogP contribution in [-0.2, 0) is 10.0 Å². The summed E-state index contributed by atoms with van der Waals surface area (Å²) in [4.78, 5) is 14.5. The highest BCUT2D eigenvalue weighted by Crippen LogP contribution is 2.21. The van der Waals surface area contributed by atoms with Gasteiger partial charge in [-0.15, -0.1) is 0 Å². The van der Waals surface area contributed by atoms with Gasteiger partial charge in [0.25, 0.3) is 5.91 Å². The number of benzene rings is 2. The number of rotatable bonds is 3. The zero-order valence-electron chi connectivity index (χ0n) is 14.5. The molecule has 0 spiro atoms. The van der Waals surface area contributed by atoms with Crippen molar-refractivity contribution in [3.63, 3.8) is 0 Å². The summed E-state index contributed by atoms with van der Waals surface area (Å²) in [7, 11) is -3.53. The van der Waals surface area contributed by atoms with Crippen LogP contribution in [0.3, 0.4) is 0 Å². The zero-order valence-corrected chi connectivity index (χ0v) is 15.3. The Morgan fingerprint density at radius 2 is 1.44 bits per heavy atom. The second kappa shape index (κ2) is 6.98. The van der Waals surface area contributed by atoms with Crippen molar-refractivity contribution in [1.29, 1.82) is 0 Å². The molecule has 6 heteroatoms. The van der Waals surface area contributed by atoms with Crippen LogP contribution in [0.5, 0.6) is 0 Å². The lowest BCUT2D eigenvalue weighted by molar-refractivity contribution is 0.0698. The number of nitrogens with zero attached hydrogens (tertiary/aromatic N) is 2. The molecule has 0 radical (unpaired) electrons. The van der Waals surface area contributed by atoms with Crippen molar-refractivity contribution < 1.29 is 13.2 Å². The maximum atomic E-state index is 12.9. The third-order valence-electron chi connectivity index (χ3n) is 4.38. The maximum absolute atomic E-state index is 12.9. The topological polar surface area (TPSA) is 57.7 Å². The number of amides is 1. The summed E-state index contributed by atoms with van der Waals surface area (Å²) in [5, 5.41) is 0. The minimum atomic E-state index is -3.53. The lowest BCUT2D eigenvalue weighted by atomic mass is 10.2. The predicted molar refractivity (Wildman–Crippen MR) is 97.0 cm³/mol. The normalized spacial score (nSPS) is 16.0. The van der Waals surface area contributed by atoms with Crippen LogP contribution < -0.4 is 0 Å². The molecule has 0 N–H and O–H groups in total. The first kappa shape index (κ1) is 17.6. The first-order valence-electron chi connectivity index (χ1n) is 8.31. The van der Waals surface area contributed by atoms with Gasteiger partial charge in [0.05, 0.1) is 4.90 Å². The minimum absolute atomic E-state index is 0.0518. The van der Waals surface area contributed by atoms with Crippen LogP contribution in [-0.4, -0.2) is 49.7 Å². The van der Waals surface area contributed by atoms with Crippen molar-refractivity contribution in [2.24, 2.45) is 0 Å². The molecule has 0 unspecified atom stereocenters. The Morgan fingerprint density at radius 3 is 2.00 bits per heavy atom. The average Bonchev–Trinajstić information content (AvgIpc) is 2.61. The van der Waals surface area contributed by atoms with Crippen LogP contribution in [0.4, 0.5) is 0 Å². The predicted octanol–water partition coefficient (Wildman–Crippen LogP) is 2.45. The molecular formula is C19H22N2O3S. The number of sulfonamides is 1. The fourth-order valence-corrected chi connectivity index (χ4v) is 4.74. The Kier molecular flexibility index (Phi) is 4.92. The zero-order chi connectivity index (χ0) is 18.0. The summed E-state index contributed by atoms with van der Waals surface area (Å²) in [6, 6.07) is 14.4. The molecule has 0 saturated carbocycles. The van der Waals surface area contributed by atoms with Gasteiger partial charge < -0.3 is 4.90 Å². The Hall–Kier alpha value is -2.18. The Morgan fingerprint density at radius 1 is 0.880 bits per heavy atom. The van der Waals surface area contributed by atoms with E-state index in [1.54, 1.807) is 29.2 Å². The van der Waals surface area contributed by atoms with E-state index >= 15 is 0 Å². The van der Waals surface area contributed by atoms with Crippen molar-refractivity contribution >= 4 is 15.9 Å². The van der Waals surface area contributed by atoms with Crippen molar-refractivity contribution in [2.75, 3.05) is 26.2 Å². The third kappa shape index (κ3) is 3.75. The monoisotopic (exact) mass is 358 g/mol. The van der Waals surface area contributed by atoms with Crippen LogP contribution in [0.1, 0.15) is 21.5 Å². The molecule has 3 rings (SSSR count). The molecule has 1 aliphatic rings. The molecule has 1 saturated heterocycles. The fraction of sp³-hybridized carbons (Fsp3) is 0.316. The minimum Gasteiger partial charge on any atom is -0.336 e. The summed E-state index contributed by atoms with van der Waals surface area (Å²) < 4.78 is 27.2. The third-order valence-corrected chi connectivity index (χ3v) is 6.26. The molecule has 25 heavy (non-hydrogen) atoms. The summed E-state index contributed by atoms with van der Waals surface area (Å²) in [6.07, 6.45) is 0. The number of hydrogen-bond acceptors (Lipinski definition) is 3. The van der Waals surface area contributed by atoms with Crippen LogP contribution in [0.15, 0.2) is 53.4 Å². The van der Waals surface area contributed by atoms with E-state index in [-0.39, 0.29) is 5.91 Å². The first-order valence-corrected chi connectivity index (χ1v) is 9.75. The Balaban J connectivity index is 1.72. The van der Waals surface area contributed by atoms with Gasteiger partial charge in [0.2, 0.25) is 10.0 Å². The molecule has 5 nitrogen and oxygen atoms in total. The lowest BCUT2D eigenvalue weighted by Crippen LogP contribution is -2.50. The summed E-state index contributed by atoms with van der Waals surface area (Å²) in [5.74, 6) is -0.0518. The molecule has 0 aromatic heterocycles. The second-order valence-electron chi connectivity index (χ2n) is 6.39. The maximum Gasteiger partial charge on any atom is 0.253 e. The van der Waals surface area contributed by atoms with Crippen LogP contribution in [0.2, 0.25) is 0 Å². The van der Waals surface area contributed by atoms with Gasteiger partial charge in [-0.2, -0.15) is 4.31 Å². The standard InChI is InChI=1S/C19H22N2O3S/c1-15-12-16(2)14-18(13-15)25(23,24)21-10-8-20(9-11-21)19(22)17-6-4-3-5-7-17/h3-7,12-14H,8-11H2,1-2H3. The van der Waals surface area contributed by atoms with Crippen molar-refractivity contribution in [1.82, 2.24) is 9.21 Å². The molecule has 1 amide bonds. The quantitative estimate of drug-likeness (QED) is 0.847. The molecule has 132 valence electrons. The molecule has 2 aromatic rings. The van der Waals surface area contributed by atoms with Crippen molar-refractivity contribution in [3.05, 3.63) is 65.2 Å². The molecule has 1 fully saturated rings. The number of carbonyl (C=O) groups is 1. The summed E-state index contributed by atoms with van der Waals surface area (Å²) in [6.45, 7) is 5.21. The van der Waals surface area contributed by atoms with E-state index in [4.69, 9.17) is 0 Å². The van der Waals surface area contributed by atoms with Gasteiger partial charge in [-0.3, -0.25) is 4.79 Å². The van der Waals surface area contributed by atoms with E-state index in [1.807, 2.05) is 38.1 Å². The first-order chi connectivity index (χ1) is 11.9. The number of carbonyl (C=O) groups excluding carboxylic acids is 1. The van der Waals surface area contributed by atoms with Gasteiger partial charge in [-0.1, -0.05) is 24.3 Å². The van der Waals surface area contributed by atoms with E-state index in [2.05, 4.69) is 0 Å². The Labute approximate surface area is 148 Å². The second-order valence-corrected chi connectivity index (χ2v) is 8.32. The number of aryl methyl sites for hydroxylation is 2. The Bertz CT molecular complexity index is 851. The summed E-state index contributed by atoms with van der Waals surface area (Å²) >= 11 is 0. The summed E-state index contributed by atoms with van der Waals surface area (Å²) in [5.41, 5.74) is 2.49. The SMILES string of the molecule is Cc1cc(C)cc(S(=O)(=O)N2CCN(C(=O)c3ccccc3)CC2)c1. The van der Waals surface area contributed by atoms with Crippen LogP contribution in [0, 0.1) is 13.8 Å². The van der Waals surface area contributed by atoms with E-state index in [0.29, 0.717) is 36.6 Å². The molecule has 2 aromatic carbocycles. The number of piperazine rings is 1. The van der Waals surface area contributed by atoms with Gasteiger partial charge in [0.15, 0.2) is 0 Å². The molecule has 1 aliphatic heterocycles. The van der Waals surface area contributed by atoms with Gasteiger partial charge in [0.1, 0.15) is 0 Å². The average molecular weight is 358 g/mol. The lowest BCUT2D eigenvalue weighted by Gasteiger charge is -2.34. The molecule has 0 atom stereocenters. The van der Waals surface area contributed by atoms with Crippen LogP contribution >= 0.6 is 0 Å². The van der Waals surface area contributed by atoms with Gasteiger partial charge in [-0.05, 0) is 49.2 Å². The van der Waals surface area contributed by atoms with Crippen molar-refractivity contribution in [2.45, 2.75) is 18.7 Å². The smallest absolute Gasteiger partial charge is 0.253 e. The van der Waals surface area contributed by atoms with E-state index in [9.17, 15) is 13.2 Å². The molecule has 0 bridgehead atoms. The molecule has 1 heterocycles. The fourth-order valence-electron chi connectivity index (χ4n) is 3.13. The number of hydrogen-bond donors (Lipinski definition) is 0. The van der Waals surface area contributed by atoms with E-state index < -0.39 is 10.0 Å². The highest BCUT2D eigenvalue weighted by atomic mass is 32.2. The van der Waals surface area contributed by atoms with Crippen LogP contribution in [0.25, 0.3) is 0 Å². The molecule has 0 aliphatic carbocycles. The van der Waals surface area contributed by atoms with Gasteiger partial charge >= 0.3 is 0 Å².